The SMILES string of the molecule is O=C1C=CC(O)C(P)=C1. The molecule has 0 spiro atoms. The first-order valence-corrected chi connectivity index (χ1v) is 3.15. The quantitative estimate of drug-likeness (QED) is 0.492. The monoisotopic (exact) mass is 142 g/mol. The van der Waals surface area contributed by atoms with Gasteiger partial charge in [0.1, 0.15) is 0 Å². The molecule has 2 nitrogen and oxygen atoms in total. The maximum Gasteiger partial charge on any atom is 0.178 e. The molecule has 1 rings (SSSR count). The van der Waals surface area contributed by atoms with E-state index < -0.39 is 6.10 Å². The number of carbonyl (C=O) groups excluding carboxylic acids is 1. The van der Waals surface area contributed by atoms with Gasteiger partial charge in [0.25, 0.3) is 0 Å². The van der Waals surface area contributed by atoms with Gasteiger partial charge in [-0.05, 0) is 23.5 Å². The highest BCUT2D eigenvalue weighted by Crippen LogP contribution is 2.15. The first-order valence-electron chi connectivity index (χ1n) is 2.57. The van der Waals surface area contributed by atoms with Crippen LogP contribution in [-0.2, 0) is 4.79 Å². The summed E-state index contributed by atoms with van der Waals surface area (Å²) in [7, 11) is 2.31. The van der Waals surface area contributed by atoms with Gasteiger partial charge in [0.15, 0.2) is 5.78 Å². The van der Waals surface area contributed by atoms with Gasteiger partial charge in [0.05, 0.1) is 6.10 Å². The summed E-state index contributed by atoms with van der Waals surface area (Å²) in [6.07, 6.45) is 3.63. The molecule has 48 valence electrons. The Hall–Kier alpha value is -0.460. The lowest BCUT2D eigenvalue weighted by Crippen LogP contribution is -2.08. The molecule has 0 saturated carbocycles. The van der Waals surface area contributed by atoms with Crippen LogP contribution in [0.2, 0.25) is 0 Å². The Morgan fingerprint density at radius 2 is 2.33 bits per heavy atom. The van der Waals surface area contributed by atoms with E-state index in [-0.39, 0.29) is 5.78 Å². The molecule has 3 heteroatoms. The number of hydrogen-bond acceptors (Lipinski definition) is 2. The zero-order valence-electron chi connectivity index (χ0n) is 4.74. The van der Waals surface area contributed by atoms with E-state index in [1.54, 1.807) is 0 Å². The smallest absolute Gasteiger partial charge is 0.178 e. The third kappa shape index (κ3) is 1.47. The van der Waals surface area contributed by atoms with Crippen molar-refractivity contribution in [1.82, 2.24) is 0 Å². The van der Waals surface area contributed by atoms with Crippen molar-refractivity contribution in [2.45, 2.75) is 6.10 Å². The molecule has 0 aliphatic heterocycles. The van der Waals surface area contributed by atoms with Crippen LogP contribution in [-0.4, -0.2) is 17.0 Å². The lowest BCUT2D eigenvalue weighted by molar-refractivity contribution is -0.110. The summed E-state index contributed by atoms with van der Waals surface area (Å²) < 4.78 is 0. The van der Waals surface area contributed by atoms with Crippen LogP contribution >= 0.6 is 9.24 Å². The second kappa shape index (κ2) is 2.42. The zero-order valence-corrected chi connectivity index (χ0v) is 5.90. The van der Waals surface area contributed by atoms with Crippen molar-refractivity contribution in [3.8, 4) is 0 Å². The van der Waals surface area contributed by atoms with Crippen LogP contribution < -0.4 is 0 Å². The molecule has 9 heavy (non-hydrogen) atoms. The van der Waals surface area contributed by atoms with Crippen molar-refractivity contribution in [3.63, 3.8) is 0 Å². The Morgan fingerprint density at radius 1 is 1.67 bits per heavy atom. The van der Waals surface area contributed by atoms with Gasteiger partial charge in [0, 0.05) is 0 Å². The van der Waals surface area contributed by atoms with Crippen molar-refractivity contribution < 1.29 is 9.90 Å². The number of allylic oxidation sites excluding steroid dienone is 2. The Morgan fingerprint density at radius 3 is 2.78 bits per heavy atom. The van der Waals surface area contributed by atoms with Gasteiger partial charge >= 0.3 is 0 Å². The lowest BCUT2D eigenvalue weighted by Gasteiger charge is -2.07. The summed E-state index contributed by atoms with van der Waals surface area (Å²) in [6.45, 7) is 0. The summed E-state index contributed by atoms with van der Waals surface area (Å²) in [5, 5.41) is 9.59. The molecule has 0 saturated heterocycles. The Labute approximate surface area is 55.5 Å². The van der Waals surface area contributed by atoms with Crippen LogP contribution in [0.4, 0.5) is 0 Å². The minimum atomic E-state index is -0.590. The van der Waals surface area contributed by atoms with Gasteiger partial charge in [-0.25, -0.2) is 0 Å². The normalized spacial score (nSPS) is 26.2. The van der Waals surface area contributed by atoms with Crippen molar-refractivity contribution in [2.24, 2.45) is 0 Å². The molecule has 0 heterocycles. The highest BCUT2D eigenvalue weighted by Gasteiger charge is 2.08. The largest absolute Gasteiger partial charge is 0.384 e. The van der Waals surface area contributed by atoms with Gasteiger partial charge in [-0.2, -0.15) is 0 Å². The minimum absolute atomic E-state index is 0.0645. The summed E-state index contributed by atoms with van der Waals surface area (Å²) >= 11 is 0. The molecule has 0 aromatic carbocycles. The molecule has 1 N–H and O–H groups in total. The van der Waals surface area contributed by atoms with E-state index in [1.807, 2.05) is 0 Å². The maximum absolute atomic E-state index is 10.5. The summed E-state index contributed by atoms with van der Waals surface area (Å²) in [5.74, 6) is -0.0645. The van der Waals surface area contributed by atoms with Crippen molar-refractivity contribution in [3.05, 3.63) is 23.5 Å². The molecule has 0 aromatic heterocycles. The Kier molecular flexibility index (Phi) is 1.79. The van der Waals surface area contributed by atoms with Crippen LogP contribution in [0.3, 0.4) is 0 Å². The number of carbonyl (C=O) groups is 1. The number of rotatable bonds is 0. The van der Waals surface area contributed by atoms with E-state index in [2.05, 4.69) is 9.24 Å². The third-order valence-corrected chi connectivity index (χ3v) is 1.60. The van der Waals surface area contributed by atoms with Crippen LogP contribution in [0, 0.1) is 0 Å². The summed E-state index contributed by atoms with van der Waals surface area (Å²) in [4.78, 5) is 10.5. The van der Waals surface area contributed by atoms with E-state index in [4.69, 9.17) is 5.11 Å². The first-order chi connectivity index (χ1) is 4.20. The average molecular weight is 142 g/mol. The topological polar surface area (TPSA) is 37.3 Å². The van der Waals surface area contributed by atoms with E-state index >= 15 is 0 Å². The van der Waals surface area contributed by atoms with E-state index in [1.165, 1.54) is 18.2 Å². The molecule has 0 fully saturated rings. The molecule has 1 aliphatic carbocycles. The molecule has 2 atom stereocenters. The van der Waals surface area contributed by atoms with Crippen molar-refractivity contribution in [1.29, 1.82) is 0 Å². The standard InChI is InChI=1S/C6H7O2P/c7-4-1-2-5(8)6(9)3-4/h1-3,5,8H,9H2. The fourth-order valence-electron chi connectivity index (χ4n) is 0.595. The van der Waals surface area contributed by atoms with Crippen LogP contribution in [0.25, 0.3) is 0 Å². The van der Waals surface area contributed by atoms with Crippen LogP contribution in [0.1, 0.15) is 0 Å². The van der Waals surface area contributed by atoms with Gasteiger partial charge in [0.2, 0.25) is 0 Å². The number of ketones is 1. The maximum atomic E-state index is 10.5. The lowest BCUT2D eigenvalue weighted by atomic mass is 10.1. The predicted molar refractivity (Wildman–Crippen MR) is 37.9 cm³/mol. The molecule has 0 radical (unpaired) electrons. The second-order valence-electron chi connectivity index (χ2n) is 1.85. The Balaban J connectivity index is 2.82. The molecule has 0 aromatic rings. The first kappa shape index (κ1) is 6.66. The number of hydrogen-bond donors (Lipinski definition) is 1. The molecular weight excluding hydrogens is 135 g/mol. The highest BCUT2D eigenvalue weighted by molar-refractivity contribution is 7.22. The minimum Gasteiger partial charge on any atom is -0.384 e. The van der Waals surface area contributed by atoms with Gasteiger partial charge in [-0.3, -0.25) is 4.79 Å². The van der Waals surface area contributed by atoms with Crippen molar-refractivity contribution >= 4 is 15.0 Å². The zero-order chi connectivity index (χ0) is 6.85. The van der Waals surface area contributed by atoms with Gasteiger partial charge in [-0.1, -0.05) is 0 Å². The van der Waals surface area contributed by atoms with Gasteiger partial charge < -0.3 is 5.11 Å². The fourth-order valence-corrected chi connectivity index (χ4v) is 0.870. The number of aliphatic hydroxyl groups excluding tert-OH is 1. The molecule has 1 aliphatic rings. The molecule has 0 amide bonds. The predicted octanol–water partition coefficient (Wildman–Crippen LogP) is 0.245. The summed E-state index contributed by atoms with van der Waals surface area (Å²) in [6, 6.07) is 0. The summed E-state index contributed by atoms with van der Waals surface area (Å²) in [5.41, 5.74) is 0. The fraction of sp³-hybridized carbons (Fsp3) is 0.167. The molecule has 0 bridgehead atoms. The van der Waals surface area contributed by atoms with Crippen LogP contribution in [0.15, 0.2) is 23.5 Å². The molecule has 2 unspecified atom stereocenters. The van der Waals surface area contributed by atoms with Gasteiger partial charge in [-0.15, -0.1) is 9.24 Å². The number of aliphatic hydroxyl groups is 1. The highest BCUT2D eigenvalue weighted by atomic mass is 31.0. The molecular formula is C6H7O2P. The third-order valence-electron chi connectivity index (χ3n) is 1.09. The van der Waals surface area contributed by atoms with Crippen LogP contribution in [0.5, 0.6) is 0 Å². The average Bonchev–Trinajstić information content (AvgIpc) is 1.80. The van der Waals surface area contributed by atoms with E-state index in [9.17, 15) is 4.79 Å². The second-order valence-corrected chi connectivity index (χ2v) is 2.52. The van der Waals surface area contributed by atoms with E-state index in [0.29, 0.717) is 5.31 Å². The Bertz CT molecular complexity index is 193. The van der Waals surface area contributed by atoms with Crippen molar-refractivity contribution in [2.75, 3.05) is 0 Å². The van der Waals surface area contributed by atoms with E-state index in [0.717, 1.165) is 0 Å².